The number of anilines is 1. The zero-order valence-corrected chi connectivity index (χ0v) is 20.8. The Morgan fingerprint density at radius 3 is 2.46 bits per heavy atom. The Balaban J connectivity index is 1.84. The van der Waals surface area contributed by atoms with E-state index in [9.17, 15) is 19.5 Å². The molecule has 1 aromatic carbocycles. The van der Waals surface area contributed by atoms with Gasteiger partial charge in [0.05, 0.1) is 11.6 Å². The summed E-state index contributed by atoms with van der Waals surface area (Å²) < 4.78 is 0. The fraction of sp³-hybridized carbons (Fsp3) is 0.259. The lowest BCUT2D eigenvalue weighted by Crippen LogP contribution is -2.33. The van der Waals surface area contributed by atoms with Gasteiger partial charge in [0.25, 0.3) is 11.8 Å². The summed E-state index contributed by atoms with van der Waals surface area (Å²) in [6, 6.07) is 13.8. The first-order valence-electron chi connectivity index (χ1n) is 11.4. The van der Waals surface area contributed by atoms with Crippen LogP contribution in [0.5, 0.6) is 0 Å². The summed E-state index contributed by atoms with van der Waals surface area (Å²) in [4.78, 5) is 47.1. The molecule has 3 aromatic rings. The largest absolute Gasteiger partial charge is 0.503 e. The van der Waals surface area contributed by atoms with Gasteiger partial charge in [-0.05, 0) is 48.7 Å². The van der Waals surface area contributed by atoms with Gasteiger partial charge in [0, 0.05) is 40.7 Å². The molecule has 1 unspecified atom stereocenters. The average Bonchev–Trinajstić information content (AvgIpc) is 3.39. The average molecular weight is 490 g/mol. The van der Waals surface area contributed by atoms with E-state index < -0.39 is 23.6 Å². The highest BCUT2D eigenvalue weighted by Gasteiger charge is 2.45. The number of carbonyl (C=O) groups is 3. The highest BCUT2D eigenvalue weighted by Crippen LogP contribution is 2.43. The number of aromatic nitrogens is 1. The van der Waals surface area contributed by atoms with Gasteiger partial charge in [0.1, 0.15) is 5.69 Å². The molecule has 0 saturated heterocycles. The van der Waals surface area contributed by atoms with E-state index >= 15 is 0 Å². The molecule has 0 bridgehead atoms. The number of rotatable bonds is 7. The van der Waals surface area contributed by atoms with Crippen LogP contribution in [0.15, 0.2) is 66.1 Å². The van der Waals surface area contributed by atoms with Gasteiger partial charge in [-0.1, -0.05) is 32.0 Å². The maximum atomic E-state index is 13.3. The number of hydrogen-bond acceptors (Lipinski definition) is 6. The van der Waals surface area contributed by atoms with E-state index in [0.717, 1.165) is 10.4 Å². The van der Waals surface area contributed by atoms with Crippen LogP contribution in [-0.2, 0) is 9.59 Å². The Kier molecular flexibility index (Phi) is 6.84. The minimum absolute atomic E-state index is 0.0141. The Bertz CT molecular complexity index is 1320. The second-order valence-corrected chi connectivity index (χ2v) is 10.1. The number of benzene rings is 1. The van der Waals surface area contributed by atoms with Crippen molar-refractivity contribution in [2.75, 3.05) is 11.9 Å². The molecule has 180 valence electrons. The Hall–Kier alpha value is -3.78. The lowest BCUT2D eigenvalue weighted by atomic mass is 9.91. The smallest absolute Gasteiger partial charge is 0.294 e. The predicted molar refractivity (Wildman–Crippen MR) is 136 cm³/mol. The lowest BCUT2D eigenvalue weighted by molar-refractivity contribution is -0.118. The van der Waals surface area contributed by atoms with Crippen molar-refractivity contribution in [3.63, 3.8) is 0 Å². The van der Waals surface area contributed by atoms with E-state index in [1.54, 1.807) is 35.6 Å². The molecule has 7 nitrogen and oxygen atoms in total. The number of nitrogens with one attached hydrogen (secondary N) is 1. The minimum Gasteiger partial charge on any atom is -0.503 e. The number of aryl methyl sites for hydroxylation is 1. The fourth-order valence-electron chi connectivity index (χ4n) is 4.25. The first kappa shape index (κ1) is 24.3. The van der Waals surface area contributed by atoms with Gasteiger partial charge >= 0.3 is 0 Å². The predicted octanol–water partition coefficient (Wildman–Crippen LogP) is 4.99. The molecular formula is C27H27N3O4S. The third-order valence-electron chi connectivity index (χ3n) is 5.85. The van der Waals surface area contributed by atoms with Gasteiger partial charge in [-0.25, -0.2) is 0 Å². The van der Waals surface area contributed by atoms with Crippen LogP contribution in [0.3, 0.4) is 0 Å². The molecule has 8 heteroatoms. The number of amides is 2. The summed E-state index contributed by atoms with van der Waals surface area (Å²) in [6.45, 7) is 5.83. The van der Waals surface area contributed by atoms with E-state index in [1.165, 1.54) is 23.0 Å². The van der Waals surface area contributed by atoms with E-state index in [1.807, 2.05) is 45.0 Å². The number of aliphatic hydroxyl groups is 1. The quantitative estimate of drug-likeness (QED) is 0.487. The number of aliphatic hydroxyl groups excluding tert-OH is 1. The van der Waals surface area contributed by atoms with Crippen molar-refractivity contribution in [2.45, 2.75) is 33.2 Å². The number of hydrogen-bond donors (Lipinski definition) is 2. The molecule has 2 aromatic heterocycles. The Morgan fingerprint density at radius 1 is 1.14 bits per heavy atom. The molecule has 1 aliphatic rings. The van der Waals surface area contributed by atoms with Crippen LogP contribution in [0.25, 0.3) is 10.4 Å². The molecule has 0 spiro atoms. The Morgan fingerprint density at radius 2 is 1.86 bits per heavy atom. The third kappa shape index (κ3) is 4.61. The number of Topliss-reactive ketones (excluding diaryl/α,β-unsaturated/α-hetero) is 1. The lowest BCUT2D eigenvalue weighted by Gasteiger charge is -2.28. The van der Waals surface area contributed by atoms with Crippen LogP contribution in [0.2, 0.25) is 0 Å². The van der Waals surface area contributed by atoms with Crippen molar-refractivity contribution in [3.8, 4) is 10.4 Å². The normalized spacial score (nSPS) is 15.7. The van der Waals surface area contributed by atoms with Gasteiger partial charge < -0.3 is 10.4 Å². The Labute approximate surface area is 208 Å². The molecule has 4 rings (SSSR count). The number of ketones is 1. The first-order chi connectivity index (χ1) is 16.7. The number of carbonyl (C=O) groups excluding carboxylic acids is 3. The molecule has 3 heterocycles. The van der Waals surface area contributed by atoms with E-state index in [4.69, 9.17) is 0 Å². The van der Waals surface area contributed by atoms with Crippen LogP contribution in [-0.4, -0.2) is 34.7 Å². The van der Waals surface area contributed by atoms with Gasteiger partial charge in [-0.2, -0.15) is 0 Å². The molecule has 0 radical (unpaired) electrons. The van der Waals surface area contributed by atoms with Gasteiger partial charge in [0.15, 0.2) is 11.5 Å². The molecular weight excluding hydrogens is 462 g/mol. The van der Waals surface area contributed by atoms with Crippen LogP contribution >= 0.6 is 11.3 Å². The van der Waals surface area contributed by atoms with E-state index in [2.05, 4.69) is 10.3 Å². The zero-order valence-electron chi connectivity index (χ0n) is 20.0. The molecule has 35 heavy (non-hydrogen) atoms. The van der Waals surface area contributed by atoms with Gasteiger partial charge in [-0.3, -0.25) is 24.3 Å². The summed E-state index contributed by atoms with van der Waals surface area (Å²) in [6.07, 6.45) is 1.63. The summed E-state index contributed by atoms with van der Waals surface area (Å²) >= 11 is 1.67. The maximum Gasteiger partial charge on any atom is 0.294 e. The summed E-state index contributed by atoms with van der Waals surface area (Å²) in [5.74, 6) is -2.04. The second kappa shape index (κ2) is 9.84. The molecule has 0 fully saturated rings. The standard InChI is InChI=1S/C27H27N3O4S/c1-15(2)14-20(31)22-24(19-6-5-13-29-23(19)26(33)28-4)30(27(34)25(22)32)18-10-8-17(9-11-18)21-12-7-16(3)35-21/h5-13,15,24,32H,14H2,1-4H3,(H,28,33). The fourth-order valence-corrected chi connectivity index (χ4v) is 5.13. The van der Waals surface area contributed by atoms with Crippen LogP contribution in [0.4, 0.5) is 5.69 Å². The van der Waals surface area contributed by atoms with Crippen molar-refractivity contribution in [3.05, 3.63) is 82.2 Å². The summed E-state index contributed by atoms with van der Waals surface area (Å²) in [5.41, 5.74) is 1.94. The van der Waals surface area contributed by atoms with Crippen molar-refractivity contribution in [2.24, 2.45) is 5.92 Å². The molecule has 0 saturated carbocycles. The second-order valence-electron chi connectivity index (χ2n) is 8.84. The van der Waals surface area contributed by atoms with Crippen LogP contribution in [0.1, 0.15) is 47.2 Å². The highest BCUT2D eigenvalue weighted by molar-refractivity contribution is 7.15. The van der Waals surface area contributed by atoms with Crippen molar-refractivity contribution < 1.29 is 19.5 Å². The SMILES string of the molecule is CNC(=O)c1ncccc1C1C(C(=O)CC(C)C)=C(O)C(=O)N1c1ccc(-c2ccc(C)s2)cc1. The van der Waals surface area contributed by atoms with Crippen molar-refractivity contribution in [1.82, 2.24) is 10.3 Å². The number of pyridine rings is 1. The van der Waals surface area contributed by atoms with E-state index in [0.29, 0.717) is 11.3 Å². The van der Waals surface area contributed by atoms with Crippen LogP contribution < -0.4 is 10.2 Å². The number of thiophene rings is 1. The third-order valence-corrected chi connectivity index (χ3v) is 6.90. The first-order valence-corrected chi connectivity index (χ1v) is 12.2. The molecule has 2 amide bonds. The topological polar surface area (TPSA) is 99.6 Å². The van der Waals surface area contributed by atoms with Crippen molar-refractivity contribution in [1.29, 1.82) is 0 Å². The van der Waals surface area contributed by atoms with Crippen LogP contribution in [0, 0.1) is 12.8 Å². The molecule has 1 aliphatic heterocycles. The van der Waals surface area contributed by atoms with Gasteiger partial charge in [-0.15, -0.1) is 11.3 Å². The van der Waals surface area contributed by atoms with Crippen molar-refractivity contribution >= 4 is 34.6 Å². The minimum atomic E-state index is -0.982. The monoisotopic (exact) mass is 489 g/mol. The summed E-state index contributed by atoms with van der Waals surface area (Å²) in [5, 5.41) is 13.4. The zero-order chi connectivity index (χ0) is 25.3. The maximum absolute atomic E-state index is 13.3. The highest BCUT2D eigenvalue weighted by atomic mass is 32.1. The van der Waals surface area contributed by atoms with Gasteiger partial charge in [0.2, 0.25) is 0 Å². The number of nitrogens with zero attached hydrogens (tertiary/aromatic N) is 2. The molecule has 2 N–H and O–H groups in total. The van der Waals surface area contributed by atoms with E-state index in [-0.39, 0.29) is 29.4 Å². The molecule has 1 atom stereocenters. The molecule has 0 aliphatic carbocycles. The summed E-state index contributed by atoms with van der Waals surface area (Å²) in [7, 11) is 1.49.